The molecule has 0 aliphatic carbocycles. The zero-order valence-electron chi connectivity index (χ0n) is 7.56. The van der Waals surface area contributed by atoms with Crippen molar-refractivity contribution in [1.29, 1.82) is 0 Å². The third kappa shape index (κ3) is 2.11. The number of nitrogens with zero attached hydrogens (tertiary/aromatic N) is 1. The van der Waals surface area contributed by atoms with E-state index in [1.807, 2.05) is 23.9 Å². The molecule has 2 unspecified atom stereocenters. The first kappa shape index (κ1) is 9.21. The Morgan fingerprint density at radius 2 is 2.38 bits per heavy atom. The van der Waals surface area contributed by atoms with E-state index in [1.54, 1.807) is 18.0 Å². The molecule has 0 bridgehead atoms. The molecule has 0 N–H and O–H groups in total. The van der Waals surface area contributed by atoms with Crippen LogP contribution in [0.25, 0.3) is 0 Å². The summed E-state index contributed by atoms with van der Waals surface area (Å²) >= 11 is 3.60. The summed E-state index contributed by atoms with van der Waals surface area (Å²) in [6.45, 7) is 4.17. The third-order valence-electron chi connectivity index (χ3n) is 1.74. The third-order valence-corrected chi connectivity index (χ3v) is 4.23. The van der Waals surface area contributed by atoms with E-state index in [2.05, 4.69) is 18.8 Å². The Balaban J connectivity index is 2.15. The van der Waals surface area contributed by atoms with Crippen LogP contribution in [-0.4, -0.2) is 10.4 Å². The molecule has 1 aliphatic heterocycles. The van der Waals surface area contributed by atoms with E-state index in [-0.39, 0.29) is 0 Å². The monoisotopic (exact) mass is 213 g/mol. The molecule has 0 radical (unpaired) electrons. The predicted octanol–water partition coefficient (Wildman–Crippen LogP) is 3.52. The molecule has 2 atom stereocenters. The van der Waals surface area contributed by atoms with Crippen molar-refractivity contribution in [1.82, 2.24) is 0 Å². The highest BCUT2D eigenvalue weighted by Gasteiger charge is 2.23. The van der Waals surface area contributed by atoms with Gasteiger partial charge in [-0.3, -0.25) is 4.99 Å². The molecule has 0 saturated heterocycles. The van der Waals surface area contributed by atoms with Gasteiger partial charge in [0.25, 0.3) is 0 Å². The highest BCUT2D eigenvalue weighted by atomic mass is 32.2. The molecule has 2 rings (SSSR count). The molecule has 0 spiro atoms. The van der Waals surface area contributed by atoms with E-state index in [1.165, 1.54) is 0 Å². The Kier molecular flexibility index (Phi) is 2.69. The normalized spacial score (nSPS) is 28.6. The molecule has 1 aromatic heterocycles. The summed E-state index contributed by atoms with van der Waals surface area (Å²) in [6.07, 6.45) is 1.72. The average molecular weight is 213 g/mol. The first-order chi connectivity index (χ1) is 6.25. The van der Waals surface area contributed by atoms with Gasteiger partial charge in [0.15, 0.2) is 0 Å². The largest absolute Gasteiger partial charge is 0.467 e. The lowest BCUT2D eigenvalue weighted by molar-refractivity contribution is 0.528. The Morgan fingerprint density at radius 3 is 3.00 bits per heavy atom. The van der Waals surface area contributed by atoms with Crippen molar-refractivity contribution in [3.8, 4) is 0 Å². The number of hydrogen-bond acceptors (Lipinski definition) is 4. The molecule has 1 aromatic rings. The summed E-state index contributed by atoms with van der Waals surface area (Å²) in [7, 11) is 0. The van der Waals surface area contributed by atoms with Crippen molar-refractivity contribution in [2.75, 3.05) is 0 Å². The zero-order valence-corrected chi connectivity index (χ0v) is 9.19. The lowest BCUT2D eigenvalue weighted by Crippen LogP contribution is -2.06. The maximum Gasteiger partial charge on any atom is 0.127 e. The first-order valence-electron chi connectivity index (χ1n) is 4.15. The standard InChI is InChI=1S/C9H11NOS2/c1-6-10-7(2)13-9(12-6)8-4-3-5-11-8/h3-6,9H,1-2H3. The number of hydrogen-bond donors (Lipinski definition) is 0. The Hall–Kier alpha value is -0.350. The van der Waals surface area contributed by atoms with Gasteiger partial charge >= 0.3 is 0 Å². The van der Waals surface area contributed by atoms with E-state index in [4.69, 9.17) is 4.42 Å². The molecular weight excluding hydrogens is 202 g/mol. The second-order valence-electron chi connectivity index (χ2n) is 2.85. The molecule has 0 saturated carbocycles. The molecule has 0 amide bonds. The van der Waals surface area contributed by atoms with Crippen molar-refractivity contribution >= 4 is 28.6 Å². The maximum absolute atomic E-state index is 5.37. The first-order valence-corrected chi connectivity index (χ1v) is 5.98. The quantitative estimate of drug-likeness (QED) is 0.713. The van der Waals surface area contributed by atoms with Gasteiger partial charge in [0.05, 0.1) is 16.7 Å². The topological polar surface area (TPSA) is 25.5 Å². The molecular formula is C9H11NOS2. The van der Waals surface area contributed by atoms with Gasteiger partial charge in [-0.15, -0.1) is 11.8 Å². The summed E-state index contributed by atoms with van der Waals surface area (Å²) in [5.41, 5.74) is 0. The van der Waals surface area contributed by atoms with Crippen molar-refractivity contribution in [2.24, 2.45) is 4.99 Å². The van der Waals surface area contributed by atoms with Crippen LogP contribution in [0.3, 0.4) is 0 Å². The van der Waals surface area contributed by atoms with Crippen molar-refractivity contribution in [3.05, 3.63) is 24.2 Å². The van der Waals surface area contributed by atoms with Crippen LogP contribution in [0.15, 0.2) is 27.8 Å². The average Bonchev–Trinajstić information content (AvgIpc) is 2.53. The molecule has 70 valence electrons. The van der Waals surface area contributed by atoms with Gasteiger partial charge in [0.2, 0.25) is 0 Å². The highest BCUT2D eigenvalue weighted by Crippen LogP contribution is 2.46. The second kappa shape index (κ2) is 3.80. The van der Waals surface area contributed by atoms with E-state index >= 15 is 0 Å². The van der Waals surface area contributed by atoms with Crippen LogP contribution in [-0.2, 0) is 0 Å². The fourth-order valence-electron chi connectivity index (χ4n) is 1.23. The van der Waals surface area contributed by atoms with Crippen LogP contribution in [0.2, 0.25) is 0 Å². The second-order valence-corrected chi connectivity index (χ2v) is 5.87. The SMILES string of the molecule is CC1=NC(C)SC(c2ccco2)S1. The number of thioether (sulfide) groups is 2. The van der Waals surface area contributed by atoms with E-state index < -0.39 is 0 Å². The number of furan rings is 1. The fraction of sp³-hybridized carbons (Fsp3) is 0.444. The van der Waals surface area contributed by atoms with Gasteiger partial charge in [-0.1, -0.05) is 11.8 Å². The van der Waals surface area contributed by atoms with Crippen molar-refractivity contribution in [2.45, 2.75) is 23.8 Å². The summed E-state index contributed by atoms with van der Waals surface area (Å²) < 4.78 is 5.75. The van der Waals surface area contributed by atoms with Gasteiger partial charge < -0.3 is 4.42 Å². The molecule has 4 heteroatoms. The van der Waals surface area contributed by atoms with E-state index in [0.29, 0.717) is 9.96 Å². The van der Waals surface area contributed by atoms with Crippen LogP contribution in [0.4, 0.5) is 0 Å². The Bertz CT molecular complexity index is 307. The van der Waals surface area contributed by atoms with E-state index in [9.17, 15) is 0 Å². The van der Waals surface area contributed by atoms with E-state index in [0.717, 1.165) is 10.8 Å². The summed E-state index contributed by atoms with van der Waals surface area (Å²) in [6, 6.07) is 3.96. The lowest BCUT2D eigenvalue weighted by Gasteiger charge is -2.21. The summed E-state index contributed by atoms with van der Waals surface area (Å²) in [5.74, 6) is 1.04. The number of rotatable bonds is 1. The van der Waals surface area contributed by atoms with Gasteiger partial charge in [0, 0.05) is 0 Å². The van der Waals surface area contributed by atoms with Crippen LogP contribution >= 0.6 is 23.5 Å². The summed E-state index contributed by atoms with van der Waals surface area (Å²) in [4.78, 5) is 4.44. The smallest absolute Gasteiger partial charge is 0.127 e. The summed E-state index contributed by atoms with van der Waals surface area (Å²) in [5, 5.41) is 1.49. The van der Waals surface area contributed by atoms with Gasteiger partial charge in [-0.2, -0.15) is 0 Å². The molecule has 13 heavy (non-hydrogen) atoms. The van der Waals surface area contributed by atoms with Gasteiger partial charge in [-0.05, 0) is 26.0 Å². The molecule has 0 aromatic carbocycles. The molecule has 0 fully saturated rings. The molecule has 2 nitrogen and oxygen atoms in total. The maximum atomic E-state index is 5.37. The van der Waals surface area contributed by atoms with Crippen molar-refractivity contribution in [3.63, 3.8) is 0 Å². The van der Waals surface area contributed by atoms with Crippen LogP contribution in [0.1, 0.15) is 24.2 Å². The van der Waals surface area contributed by atoms with Crippen LogP contribution in [0, 0.1) is 0 Å². The molecule has 1 aliphatic rings. The molecule has 2 heterocycles. The minimum Gasteiger partial charge on any atom is -0.467 e. The number of aliphatic imine (C=N–C) groups is 1. The zero-order chi connectivity index (χ0) is 9.26. The highest BCUT2D eigenvalue weighted by molar-refractivity contribution is 8.25. The Labute approximate surface area is 86.2 Å². The van der Waals surface area contributed by atoms with Crippen molar-refractivity contribution < 1.29 is 4.42 Å². The minimum atomic E-state index is 0.344. The minimum absolute atomic E-state index is 0.344. The Morgan fingerprint density at radius 1 is 1.54 bits per heavy atom. The van der Waals surface area contributed by atoms with Crippen LogP contribution in [0.5, 0.6) is 0 Å². The van der Waals surface area contributed by atoms with Crippen LogP contribution < -0.4 is 0 Å². The lowest BCUT2D eigenvalue weighted by atomic mass is 10.5. The fourth-order valence-corrected chi connectivity index (χ4v) is 4.04. The predicted molar refractivity (Wildman–Crippen MR) is 59.2 cm³/mol. The van der Waals surface area contributed by atoms with Gasteiger partial charge in [-0.25, -0.2) is 0 Å². The van der Waals surface area contributed by atoms with Gasteiger partial charge in [0.1, 0.15) is 10.3 Å².